The third kappa shape index (κ3) is 9.34. The Labute approximate surface area is 366 Å². The second kappa shape index (κ2) is 16.8. The highest BCUT2D eigenvalue weighted by atomic mass is 32.2. The molecule has 8 rings (SSSR count). The zero-order chi connectivity index (χ0) is 44.9. The van der Waals surface area contributed by atoms with E-state index >= 15 is 0 Å². The van der Waals surface area contributed by atoms with Gasteiger partial charge in [-0.2, -0.15) is 4.98 Å². The first kappa shape index (κ1) is 43.9. The van der Waals surface area contributed by atoms with Crippen LogP contribution in [0.1, 0.15) is 99.3 Å². The van der Waals surface area contributed by atoms with Gasteiger partial charge in [-0.25, -0.2) is 18.2 Å². The topological polar surface area (TPSA) is 208 Å². The van der Waals surface area contributed by atoms with Crippen molar-refractivity contribution in [1.82, 2.24) is 30.2 Å². The number of aromatic nitrogens is 2. The van der Waals surface area contributed by atoms with Gasteiger partial charge >= 0.3 is 6.09 Å². The number of hydrogen-bond acceptors (Lipinski definition) is 12. The minimum Gasteiger partial charge on any atom is -0.491 e. The predicted octanol–water partition coefficient (Wildman–Crippen LogP) is 6.47. The van der Waals surface area contributed by atoms with Crippen molar-refractivity contribution in [2.75, 3.05) is 6.54 Å². The highest BCUT2D eigenvalue weighted by Gasteiger charge is 2.63. The summed E-state index contributed by atoms with van der Waals surface area (Å²) in [7, 11) is -4.03. The average molecular weight is 885 g/mol. The number of para-hydroxylation sites is 1. The molecule has 2 aliphatic heterocycles. The molecule has 336 valence electrons. The fraction of sp³-hybridized carbons (Fsp3) is 0.522. The number of nitrogens with one attached hydrogen (secondary N) is 3. The van der Waals surface area contributed by atoms with E-state index in [1.807, 2.05) is 74.5 Å². The van der Waals surface area contributed by atoms with Gasteiger partial charge in [0, 0.05) is 23.3 Å². The quantitative estimate of drug-likeness (QED) is 0.155. The summed E-state index contributed by atoms with van der Waals surface area (Å²) in [5.74, 6) is -1.36. The number of carbonyl (C=O) groups is 4. The highest BCUT2D eigenvalue weighted by molar-refractivity contribution is 7.91. The van der Waals surface area contributed by atoms with E-state index < -0.39 is 73.8 Å². The second-order valence-corrected chi connectivity index (χ2v) is 20.9. The van der Waals surface area contributed by atoms with Crippen molar-refractivity contribution in [3.8, 4) is 23.0 Å². The summed E-state index contributed by atoms with van der Waals surface area (Å²) in [4.78, 5) is 67.8. The lowest BCUT2D eigenvalue weighted by Gasteiger charge is -2.30. The number of amides is 4. The molecule has 2 aromatic carbocycles. The predicted molar refractivity (Wildman–Crippen MR) is 234 cm³/mol. The zero-order valence-electron chi connectivity index (χ0n) is 36.6. The maximum absolute atomic E-state index is 14.8. The molecule has 63 heavy (non-hydrogen) atoms. The summed E-state index contributed by atoms with van der Waals surface area (Å²) >= 11 is 0. The summed E-state index contributed by atoms with van der Waals surface area (Å²) < 4.78 is 52.1. The van der Waals surface area contributed by atoms with E-state index in [1.165, 1.54) is 4.90 Å². The molecule has 4 heterocycles. The Morgan fingerprint density at radius 1 is 1.02 bits per heavy atom. The van der Waals surface area contributed by atoms with Gasteiger partial charge in [0.1, 0.15) is 46.2 Å². The van der Waals surface area contributed by atoms with Gasteiger partial charge < -0.3 is 34.2 Å². The molecule has 0 spiro atoms. The Kier molecular flexibility index (Phi) is 11.7. The first-order valence-corrected chi connectivity index (χ1v) is 23.3. The number of ether oxygens (including phenoxy) is 3. The van der Waals surface area contributed by atoms with Crippen molar-refractivity contribution in [2.24, 2.45) is 5.92 Å². The van der Waals surface area contributed by atoms with E-state index in [9.17, 15) is 27.6 Å². The molecule has 16 nitrogen and oxygen atoms in total. The van der Waals surface area contributed by atoms with Gasteiger partial charge in [-0.15, -0.1) is 0 Å². The highest BCUT2D eigenvalue weighted by Crippen LogP contribution is 2.48. The van der Waals surface area contributed by atoms with Gasteiger partial charge in [0.05, 0.1) is 17.4 Å². The van der Waals surface area contributed by atoms with Crippen molar-refractivity contribution in [3.05, 3.63) is 60.7 Å². The van der Waals surface area contributed by atoms with E-state index in [1.54, 1.807) is 27.7 Å². The lowest BCUT2D eigenvalue weighted by molar-refractivity contribution is -0.141. The van der Waals surface area contributed by atoms with Gasteiger partial charge in [0.25, 0.3) is 11.8 Å². The Morgan fingerprint density at radius 2 is 1.76 bits per heavy atom. The summed E-state index contributed by atoms with van der Waals surface area (Å²) in [6, 6.07) is 12.5. The first-order chi connectivity index (χ1) is 29.8. The van der Waals surface area contributed by atoms with Crippen LogP contribution in [0.2, 0.25) is 0 Å². The van der Waals surface area contributed by atoms with Gasteiger partial charge in [0.2, 0.25) is 27.4 Å². The van der Waals surface area contributed by atoms with E-state index in [0.29, 0.717) is 53.9 Å². The minimum atomic E-state index is -4.03. The number of alkyl carbamates (subject to hydrolysis) is 1. The first-order valence-electron chi connectivity index (χ1n) is 21.8. The SMILES string of the molecule is CC(C)Oc1ccc(-c2nc(O[C@@H]3C[C@H]4C(=O)N[C@]5(C(=O)NS(=O)(=O)C6(C)CC6)C[C@H]5/C=C\CCCCC[C@H](NC(=O)OC(C)(C)C)C(=O)N4C3)c3oc4ccccc4c3n2)cc1. The van der Waals surface area contributed by atoms with E-state index in [-0.39, 0.29) is 43.4 Å². The summed E-state index contributed by atoms with van der Waals surface area (Å²) in [5, 5.41) is 6.40. The van der Waals surface area contributed by atoms with Crippen LogP contribution in [0.5, 0.6) is 11.6 Å². The Hall–Kier alpha value is -5.71. The maximum Gasteiger partial charge on any atom is 0.408 e. The molecule has 2 aliphatic carbocycles. The molecular formula is C46H56N6O10S. The number of rotatable bonds is 9. The molecule has 4 aliphatic rings. The van der Waals surface area contributed by atoms with Crippen LogP contribution in [-0.4, -0.2) is 93.8 Å². The molecule has 2 saturated carbocycles. The molecule has 3 fully saturated rings. The van der Waals surface area contributed by atoms with Gasteiger partial charge in [-0.05, 0) is 116 Å². The number of benzene rings is 2. The van der Waals surface area contributed by atoms with Crippen molar-refractivity contribution in [2.45, 2.75) is 140 Å². The van der Waals surface area contributed by atoms with Crippen LogP contribution in [0, 0.1) is 5.92 Å². The number of sulfonamides is 1. The van der Waals surface area contributed by atoms with Crippen LogP contribution in [-0.2, 0) is 29.1 Å². The van der Waals surface area contributed by atoms with Crippen LogP contribution in [0.3, 0.4) is 0 Å². The smallest absolute Gasteiger partial charge is 0.408 e. The molecule has 4 amide bonds. The number of allylic oxidation sites excluding steroid dienone is 1. The Morgan fingerprint density at radius 3 is 2.48 bits per heavy atom. The Balaban J connectivity index is 1.14. The van der Waals surface area contributed by atoms with Gasteiger partial charge in [-0.1, -0.05) is 37.1 Å². The molecular weight excluding hydrogens is 829 g/mol. The minimum absolute atomic E-state index is 0.0176. The Bertz CT molecular complexity index is 2560. The molecule has 2 aromatic heterocycles. The summed E-state index contributed by atoms with van der Waals surface area (Å²) in [6.07, 6.45) is 6.21. The monoisotopic (exact) mass is 884 g/mol. The maximum atomic E-state index is 14.8. The third-order valence-corrected chi connectivity index (χ3v) is 14.3. The lowest BCUT2D eigenvalue weighted by Crippen LogP contribution is -2.58. The third-order valence-electron chi connectivity index (χ3n) is 12.1. The number of hydrogen-bond donors (Lipinski definition) is 3. The number of fused-ring (bicyclic) bond motifs is 5. The largest absolute Gasteiger partial charge is 0.491 e. The summed E-state index contributed by atoms with van der Waals surface area (Å²) in [5.41, 5.74) is -0.376. The van der Waals surface area contributed by atoms with Crippen molar-refractivity contribution >= 4 is 55.9 Å². The van der Waals surface area contributed by atoms with Crippen LogP contribution < -0.4 is 24.8 Å². The lowest BCUT2D eigenvalue weighted by atomic mass is 10.0. The fourth-order valence-electron chi connectivity index (χ4n) is 8.28. The van der Waals surface area contributed by atoms with Crippen LogP contribution in [0.4, 0.5) is 4.79 Å². The average Bonchev–Trinajstić information content (AvgIpc) is 4.04. The van der Waals surface area contributed by atoms with E-state index in [4.69, 9.17) is 28.6 Å². The molecule has 4 aromatic rings. The van der Waals surface area contributed by atoms with Crippen molar-refractivity contribution in [1.29, 1.82) is 0 Å². The molecule has 0 radical (unpaired) electrons. The molecule has 0 unspecified atom stereocenters. The molecule has 5 atom stereocenters. The fourth-order valence-corrected chi connectivity index (χ4v) is 9.60. The standard InChI is InChI=1S/C46H56N6O10S/c1-27(2)59-30-20-18-28(19-21-30)38-48-36-32-15-12-13-17-35(32)61-37(36)40(49-38)60-31-24-34-39(53)50-46(42(55)51-63(57,58)45(6)22-23-45)25-29(46)14-10-8-7-9-11-16-33(41(54)52(34)26-31)47-43(56)62-44(3,4)5/h10,12-15,17-21,27,29,31,33-34H,7-9,11,16,22-26H2,1-6H3,(H,47,56)(H,50,53)(H,51,55)/b14-10-/t29-,31-,33+,34+,46-/m1/s1. The van der Waals surface area contributed by atoms with Gasteiger partial charge in [-0.3, -0.25) is 19.1 Å². The number of carbonyl (C=O) groups excluding carboxylic acids is 4. The molecule has 0 bridgehead atoms. The molecule has 17 heteroatoms. The number of furan rings is 1. The van der Waals surface area contributed by atoms with Gasteiger partial charge in [0.15, 0.2) is 5.82 Å². The van der Waals surface area contributed by atoms with Crippen molar-refractivity contribution < 1.29 is 46.2 Å². The van der Waals surface area contributed by atoms with E-state index in [2.05, 4.69) is 15.4 Å². The van der Waals surface area contributed by atoms with Crippen LogP contribution in [0.15, 0.2) is 65.1 Å². The van der Waals surface area contributed by atoms with Crippen molar-refractivity contribution in [3.63, 3.8) is 0 Å². The van der Waals surface area contributed by atoms with E-state index in [0.717, 1.165) is 18.2 Å². The number of nitrogens with zero attached hydrogens (tertiary/aromatic N) is 3. The second-order valence-electron chi connectivity index (χ2n) is 18.7. The summed E-state index contributed by atoms with van der Waals surface area (Å²) in [6.45, 7) is 10.6. The molecule has 1 saturated heterocycles. The zero-order valence-corrected chi connectivity index (χ0v) is 37.4. The van der Waals surface area contributed by atoms with Crippen LogP contribution in [0.25, 0.3) is 33.5 Å². The molecule has 3 N–H and O–H groups in total. The van der Waals surface area contributed by atoms with Crippen LogP contribution >= 0.6 is 0 Å². The normalized spacial score (nSPS) is 25.5.